The first kappa shape index (κ1) is 18.1. The van der Waals surface area contributed by atoms with E-state index in [1.165, 1.54) is 30.4 Å². The van der Waals surface area contributed by atoms with Crippen LogP contribution in [0.4, 0.5) is 0 Å². The lowest BCUT2D eigenvalue weighted by molar-refractivity contribution is -0.120. The molecule has 0 aromatic heterocycles. The van der Waals surface area contributed by atoms with Crippen LogP contribution < -0.4 is 0 Å². The Bertz CT molecular complexity index is 759. The number of rotatable bonds is 5. The van der Waals surface area contributed by atoms with Gasteiger partial charge in [0.25, 0.3) is 0 Å². The lowest BCUT2D eigenvalue weighted by Gasteiger charge is -2.19. The highest BCUT2D eigenvalue weighted by Crippen LogP contribution is 2.38. The quantitative estimate of drug-likeness (QED) is 0.604. The van der Waals surface area contributed by atoms with E-state index in [2.05, 4.69) is 4.76 Å². The van der Waals surface area contributed by atoms with Gasteiger partial charge in [0.2, 0.25) is 0 Å². The highest BCUT2D eigenvalue weighted by atomic mass is 31.2. The SMILES string of the molecule is CC(CC(=O)C1C=C(O)C=CC1=NP(=O)(O)O)c1ccc(O)cc1. The summed E-state index contributed by atoms with van der Waals surface area (Å²) in [7, 11) is -4.68. The normalized spacial score (nSPS) is 20.7. The third kappa shape index (κ3) is 4.89. The molecule has 8 heteroatoms. The summed E-state index contributed by atoms with van der Waals surface area (Å²) in [6.07, 6.45) is 3.76. The van der Waals surface area contributed by atoms with Crippen LogP contribution in [0.2, 0.25) is 0 Å². The fourth-order valence-electron chi connectivity index (χ4n) is 2.44. The number of nitrogens with zero attached hydrogens (tertiary/aromatic N) is 1. The van der Waals surface area contributed by atoms with E-state index in [0.29, 0.717) is 0 Å². The van der Waals surface area contributed by atoms with Crippen molar-refractivity contribution in [1.29, 1.82) is 0 Å². The minimum atomic E-state index is -4.68. The Kier molecular flexibility index (Phi) is 5.39. The zero-order chi connectivity index (χ0) is 17.9. The van der Waals surface area contributed by atoms with Crippen molar-refractivity contribution >= 4 is 19.2 Å². The predicted molar refractivity (Wildman–Crippen MR) is 89.0 cm³/mol. The molecule has 2 rings (SSSR count). The van der Waals surface area contributed by atoms with Crippen molar-refractivity contribution in [1.82, 2.24) is 0 Å². The maximum Gasteiger partial charge on any atom is 0.448 e. The predicted octanol–water partition coefficient (Wildman–Crippen LogP) is 2.62. The summed E-state index contributed by atoms with van der Waals surface area (Å²) in [4.78, 5) is 30.5. The Hall–Kier alpha value is -2.21. The van der Waals surface area contributed by atoms with E-state index in [9.17, 15) is 19.6 Å². The number of carbonyl (C=O) groups is 1. The van der Waals surface area contributed by atoms with Gasteiger partial charge in [-0.15, -0.1) is 0 Å². The molecule has 24 heavy (non-hydrogen) atoms. The molecule has 0 amide bonds. The van der Waals surface area contributed by atoms with Crippen molar-refractivity contribution < 1.29 is 29.4 Å². The van der Waals surface area contributed by atoms with Gasteiger partial charge in [-0.3, -0.25) is 4.79 Å². The fraction of sp³-hybridized carbons (Fsp3) is 0.250. The van der Waals surface area contributed by atoms with Gasteiger partial charge in [-0.1, -0.05) is 19.1 Å². The minimum absolute atomic E-state index is 0.0796. The maximum atomic E-state index is 12.5. The lowest BCUT2D eigenvalue weighted by Crippen LogP contribution is -2.24. The van der Waals surface area contributed by atoms with Crippen LogP contribution in [0, 0.1) is 5.92 Å². The summed E-state index contributed by atoms with van der Waals surface area (Å²) in [5.74, 6) is -1.54. The van der Waals surface area contributed by atoms with Gasteiger partial charge in [-0.25, -0.2) is 4.57 Å². The van der Waals surface area contributed by atoms with Crippen LogP contribution in [0.1, 0.15) is 24.8 Å². The van der Waals surface area contributed by atoms with Gasteiger partial charge >= 0.3 is 7.75 Å². The first-order chi connectivity index (χ1) is 11.2. The summed E-state index contributed by atoms with van der Waals surface area (Å²) in [5.41, 5.74) is 0.762. The molecule has 0 radical (unpaired) electrons. The topological polar surface area (TPSA) is 127 Å². The molecule has 1 aromatic rings. The van der Waals surface area contributed by atoms with Crippen molar-refractivity contribution in [2.24, 2.45) is 10.7 Å². The third-order valence-electron chi connectivity index (χ3n) is 3.64. The van der Waals surface area contributed by atoms with Crippen molar-refractivity contribution in [3.8, 4) is 5.75 Å². The van der Waals surface area contributed by atoms with Gasteiger partial charge in [0.1, 0.15) is 17.3 Å². The van der Waals surface area contributed by atoms with E-state index < -0.39 is 13.7 Å². The molecular weight excluding hydrogens is 333 g/mol. The summed E-state index contributed by atoms with van der Waals surface area (Å²) in [5, 5.41) is 18.9. The first-order valence-electron chi connectivity index (χ1n) is 7.22. The Labute approximate surface area is 138 Å². The number of hydrogen-bond donors (Lipinski definition) is 4. The number of Topliss-reactive ketones (excluding diaryl/α,β-unsaturated/α-hetero) is 1. The van der Waals surface area contributed by atoms with Gasteiger partial charge in [-0.05, 0) is 41.8 Å². The lowest BCUT2D eigenvalue weighted by atomic mass is 9.86. The van der Waals surface area contributed by atoms with Crippen LogP contribution in [-0.4, -0.2) is 31.5 Å². The van der Waals surface area contributed by atoms with Crippen molar-refractivity contribution in [2.75, 3.05) is 0 Å². The standard InChI is InChI=1S/C16H18NO6P/c1-10(11-2-4-12(18)5-3-11)8-16(20)14-9-13(19)6-7-15(14)17-24(21,22)23/h2-7,9-10,14,18-19H,8H2,1H3,(H2,21,22,23). The van der Waals surface area contributed by atoms with E-state index in [0.717, 1.165) is 5.56 Å². The van der Waals surface area contributed by atoms with E-state index >= 15 is 0 Å². The molecule has 0 aliphatic heterocycles. The number of hydrogen-bond acceptors (Lipinski definition) is 4. The molecule has 0 heterocycles. The van der Waals surface area contributed by atoms with Crippen LogP contribution in [0.5, 0.6) is 5.75 Å². The molecule has 0 fully saturated rings. The zero-order valence-electron chi connectivity index (χ0n) is 12.9. The molecule has 128 valence electrons. The van der Waals surface area contributed by atoms with Gasteiger partial charge in [-0.2, -0.15) is 4.76 Å². The van der Waals surface area contributed by atoms with Crippen molar-refractivity contribution in [3.63, 3.8) is 0 Å². The summed E-state index contributed by atoms with van der Waals surface area (Å²) < 4.78 is 14.4. The van der Waals surface area contributed by atoms with Crippen LogP contribution in [0.25, 0.3) is 0 Å². The molecule has 0 saturated heterocycles. The van der Waals surface area contributed by atoms with Gasteiger partial charge < -0.3 is 20.0 Å². The molecule has 4 N–H and O–H groups in total. The number of benzene rings is 1. The van der Waals surface area contributed by atoms with Gasteiger partial charge in [0.15, 0.2) is 0 Å². The Morgan fingerprint density at radius 3 is 2.42 bits per heavy atom. The molecule has 1 aromatic carbocycles. The van der Waals surface area contributed by atoms with Crippen LogP contribution in [0.3, 0.4) is 0 Å². The third-order valence-corrected chi connectivity index (χ3v) is 4.13. The molecule has 0 saturated carbocycles. The maximum absolute atomic E-state index is 12.5. The van der Waals surface area contributed by atoms with Crippen LogP contribution in [-0.2, 0) is 9.36 Å². The van der Waals surface area contributed by atoms with E-state index in [4.69, 9.17) is 9.79 Å². The van der Waals surface area contributed by atoms with Crippen molar-refractivity contribution in [2.45, 2.75) is 19.3 Å². The zero-order valence-corrected chi connectivity index (χ0v) is 13.8. The molecule has 0 bridgehead atoms. The number of phenolic OH excluding ortho intramolecular Hbond substituents is 1. The first-order valence-corrected chi connectivity index (χ1v) is 8.78. The number of ketones is 1. The summed E-state index contributed by atoms with van der Waals surface area (Å²) in [6.45, 7) is 1.83. The number of aliphatic hydroxyl groups is 1. The Morgan fingerprint density at radius 1 is 1.21 bits per heavy atom. The molecule has 2 unspecified atom stereocenters. The molecule has 2 atom stereocenters. The number of allylic oxidation sites excluding steroid dienone is 3. The molecule has 1 aliphatic carbocycles. The van der Waals surface area contributed by atoms with Crippen molar-refractivity contribution in [3.05, 3.63) is 53.8 Å². The highest BCUT2D eigenvalue weighted by molar-refractivity contribution is 7.50. The average molecular weight is 351 g/mol. The van der Waals surface area contributed by atoms with Crippen LogP contribution in [0.15, 0.2) is 53.0 Å². The molecule has 0 spiro atoms. The Morgan fingerprint density at radius 2 is 1.83 bits per heavy atom. The number of phenols is 1. The second-order valence-electron chi connectivity index (χ2n) is 5.60. The minimum Gasteiger partial charge on any atom is -0.508 e. The summed E-state index contributed by atoms with van der Waals surface area (Å²) >= 11 is 0. The monoisotopic (exact) mass is 351 g/mol. The molecule has 7 nitrogen and oxygen atoms in total. The largest absolute Gasteiger partial charge is 0.508 e. The highest BCUT2D eigenvalue weighted by Gasteiger charge is 2.27. The number of aromatic hydroxyl groups is 1. The number of aliphatic hydroxyl groups excluding tert-OH is 1. The van der Waals surface area contributed by atoms with Crippen LogP contribution >= 0.6 is 7.75 Å². The second-order valence-corrected chi connectivity index (χ2v) is 6.83. The number of carbonyl (C=O) groups excluding carboxylic acids is 1. The van der Waals surface area contributed by atoms with Gasteiger partial charge in [0, 0.05) is 6.42 Å². The van der Waals surface area contributed by atoms with E-state index in [1.54, 1.807) is 12.1 Å². The van der Waals surface area contributed by atoms with Gasteiger partial charge in [0.05, 0.1) is 11.6 Å². The Balaban J connectivity index is 2.19. The van der Waals surface area contributed by atoms with E-state index in [1.807, 2.05) is 6.92 Å². The molecular formula is C16H18NO6P. The summed E-state index contributed by atoms with van der Waals surface area (Å²) in [6, 6.07) is 6.44. The fourth-order valence-corrected chi connectivity index (χ4v) is 2.93. The molecule has 1 aliphatic rings. The average Bonchev–Trinajstić information content (AvgIpc) is 2.48. The second kappa shape index (κ2) is 7.13. The smallest absolute Gasteiger partial charge is 0.448 e. The van der Waals surface area contributed by atoms with E-state index in [-0.39, 0.29) is 35.3 Å².